The molecule has 0 bridgehead atoms. The van der Waals surface area contributed by atoms with Crippen LogP contribution in [0.2, 0.25) is 0 Å². The predicted octanol–water partition coefficient (Wildman–Crippen LogP) is 2.94. The van der Waals surface area contributed by atoms with Crippen LogP contribution in [0.1, 0.15) is 23.2 Å². The van der Waals surface area contributed by atoms with Crippen LogP contribution in [0.5, 0.6) is 0 Å². The monoisotopic (exact) mass is 318 g/mol. The number of benzene rings is 1. The summed E-state index contributed by atoms with van der Waals surface area (Å²) in [4.78, 5) is 16.1. The van der Waals surface area contributed by atoms with E-state index in [1.165, 1.54) is 30.6 Å². The van der Waals surface area contributed by atoms with Gasteiger partial charge in [0.25, 0.3) is 5.91 Å². The van der Waals surface area contributed by atoms with Crippen molar-refractivity contribution in [3.63, 3.8) is 0 Å². The van der Waals surface area contributed by atoms with Crippen LogP contribution in [-0.4, -0.2) is 30.1 Å². The van der Waals surface area contributed by atoms with Gasteiger partial charge in [-0.15, -0.1) is 0 Å². The number of hydrogen-bond acceptors (Lipinski definition) is 3. The number of hydrogen-bond donors (Lipinski definition) is 1. The van der Waals surface area contributed by atoms with Gasteiger partial charge in [0.1, 0.15) is 11.6 Å². The van der Waals surface area contributed by atoms with Crippen molar-refractivity contribution in [3.05, 3.63) is 53.9 Å². The van der Waals surface area contributed by atoms with Crippen LogP contribution < -0.4 is 5.32 Å². The number of nitrogens with one attached hydrogen (secondary N) is 1. The second-order valence-electron chi connectivity index (χ2n) is 5.43. The zero-order chi connectivity index (χ0) is 16.2. The molecule has 1 aromatic carbocycles. The van der Waals surface area contributed by atoms with Crippen LogP contribution in [-0.2, 0) is 4.74 Å². The fourth-order valence-electron chi connectivity index (χ4n) is 2.55. The molecule has 1 atom stereocenters. The average molecular weight is 318 g/mol. The molecule has 2 heterocycles. The molecule has 1 aliphatic rings. The summed E-state index contributed by atoms with van der Waals surface area (Å²) in [7, 11) is 0. The van der Waals surface area contributed by atoms with Gasteiger partial charge in [-0.1, -0.05) is 0 Å². The lowest BCUT2D eigenvalue weighted by atomic mass is 10.1. The molecule has 1 fully saturated rings. The van der Waals surface area contributed by atoms with Gasteiger partial charge in [0.2, 0.25) is 0 Å². The van der Waals surface area contributed by atoms with Crippen LogP contribution in [0.25, 0.3) is 11.1 Å². The van der Waals surface area contributed by atoms with Crippen molar-refractivity contribution < 1.29 is 18.3 Å². The second-order valence-corrected chi connectivity index (χ2v) is 5.43. The van der Waals surface area contributed by atoms with E-state index in [1.807, 2.05) is 0 Å². The fourth-order valence-corrected chi connectivity index (χ4v) is 2.55. The maximum Gasteiger partial charge on any atom is 0.252 e. The van der Waals surface area contributed by atoms with Gasteiger partial charge in [-0.2, -0.15) is 0 Å². The summed E-state index contributed by atoms with van der Waals surface area (Å²) in [5.74, 6) is -1.63. The number of pyridine rings is 1. The van der Waals surface area contributed by atoms with Crippen LogP contribution >= 0.6 is 0 Å². The van der Waals surface area contributed by atoms with E-state index in [0.29, 0.717) is 17.7 Å². The Morgan fingerprint density at radius 2 is 2.17 bits per heavy atom. The van der Waals surface area contributed by atoms with E-state index in [2.05, 4.69) is 10.3 Å². The first-order valence-electron chi connectivity index (χ1n) is 7.44. The highest BCUT2D eigenvalue weighted by atomic mass is 19.1. The molecule has 0 radical (unpaired) electrons. The van der Waals surface area contributed by atoms with Gasteiger partial charge in [-0.25, -0.2) is 8.78 Å². The minimum absolute atomic E-state index is 0.0460. The molecule has 1 aromatic heterocycles. The van der Waals surface area contributed by atoms with Crippen molar-refractivity contribution in [1.82, 2.24) is 10.3 Å². The lowest BCUT2D eigenvalue weighted by molar-refractivity contribution is 0.0857. The molecule has 0 unspecified atom stereocenters. The zero-order valence-electron chi connectivity index (χ0n) is 12.4. The molecule has 1 N–H and O–H groups in total. The van der Waals surface area contributed by atoms with E-state index in [4.69, 9.17) is 4.74 Å². The Morgan fingerprint density at radius 3 is 2.91 bits per heavy atom. The second kappa shape index (κ2) is 6.83. The third-order valence-electron chi connectivity index (χ3n) is 3.76. The van der Waals surface area contributed by atoms with Gasteiger partial charge < -0.3 is 10.1 Å². The zero-order valence-corrected chi connectivity index (χ0v) is 12.4. The first kappa shape index (κ1) is 15.6. The molecule has 23 heavy (non-hydrogen) atoms. The molecule has 0 saturated carbocycles. The third-order valence-corrected chi connectivity index (χ3v) is 3.76. The Labute approximate surface area is 132 Å². The summed E-state index contributed by atoms with van der Waals surface area (Å²) in [5, 5.41) is 2.79. The molecule has 120 valence electrons. The number of nitrogens with zero attached hydrogens (tertiary/aromatic N) is 1. The Bertz CT molecular complexity index is 715. The Morgan fingerprint density at radius 1 is 1.30 bits per heavy atom. The SMILES string of the molecule is O=C(NC[C@H]1CCCO1)c1cncc(-c2ccc(F)cc2F)c1. The maximum atomic E-state index is 13.8. The highest BCUT2D eigenvalue weighted by Gasteiger charge is 2.17. The summed E-state index contributed by atoms with van der Waals surface area (Å²) in [6.07, 6.45) is 4.83. The number of aromatic nitrogens is 1. The van der Waals surface area contributed by atoms with Gasteiger partial charge in [-0.3, -0.25) is 9.78 Å². The van der Waals surface area contributed by atoms with Crippen molar-refractivity contribution in [3.8, 4) is 11.1 Å². The molecule has 0 spiro atoms. The Hall–Kier alpha value is -2.34. The molecule has 3 rings (SSSR count). The van der Waals surface area contributed by atoms with Crippen molar-refractivity contribution in [2.75, 3.05) is 13.2 Å². The summed E-state index contributed by atoms with van der Waals surface area (Å²) < 4.78 is 32.3. The number of halogens is 2. The normalized spacial score (nSPS) is 17.2. The molecule has 4 nitrogen and oxygen atoms in total. The highest BCUT2D eigenvalue weighted by Crippen LogP contribution is 2.23. The molecule has 1 amide bonds. The van der Waals surface area contributed by atoms with Crippen LogP contribution in [0.4, 0.5) is 8.78 Å². The number of ether oxygens (including phenoxy) is 1. The van der Waals surface area contributed by atoms with E-state index < -0.39 is 11.6 Å². The molecular formula is C17H16F2N2O2. The van der Waals surface area contributed by atoms with Gasteiger partial charge in [-0.05, 0) is 31.0 Å². The Balaban J connectivity index is 1.74. The smallest absolute Gasteiger partial charge is 0.252 e. The number of amides is 1. The lowest BCUT2D eigenvalue weighted by Crippen LogP contribution is -2.31. The minimum atomic E-state index is -0.691. The highest BCUT2D eigenvalue weighted by molar-refractivity contribution is 5.95. The van der Waals surface area contributed by atoms with E-state index in [0.717, 1.165) is 25.5 Å². The van der Waals surface area contributed by atoms with Crippen LogP contribution in [0.15, 0.2) is 36.7 Å². The van der Waals surface area contributed by atoms with Gasteiger partial charge in [0, 0.05) is 42.7 Å². The minimum Gasteiger partial charge on any atom is -0.376 e. The quantitative estimate of drug-likeness (QED) is 0.943. The van der Waals surface area contributed by atoms with Crippen molar-refractivity contribution >= 4 is 5.91 Å². The average Bonchev–Trinajstić information content (AvgIpc) is 3.06. The molecule has 0 aliphatic carbocycles. The summed E-state index contributed by atoms with van der Waals surface area (Å²) in [6.45, 7) is 1.16. The largest absolute Gasteiger partial charge is 0.376 e. The summed E-state index contributed by atoms with van der Waals surface area (Å²) in [5.41, 5.74) is 0.948. The molecule has 1 saturated heterocycles. The van der Waals surface area contributed by atoms with E-state index in [9.17, 15) is 13.6 Å². The van der Waals surface area contributed by atoms with Crippen molar-refractivity contribution in [2.45, 2.75) is 18.9 Å². The molecular weight excluding hydrogens is 302 g/mol. The summed E-state index contributed by atoms with van der Waals surface area (Å²) >= 11 is 0. The predicted molar refractivity (Wildman–Crippen MR) is 80.9 cm³/mol. The first-order chi connectivity index (χ1) is 11.1. The summed E-state index contributed by atoms with van der Waals surface area (Å²) in [6, 6.07) is 4.84. The van der Waals surface area contributed by atoms with Crippen molar-refractivity contribution in [2.24, 2.45) is 0 Å². The standard InChI is InChI=1S/C17H16F2N2O2/c18-13-3-4-15(16(19)7-13)11-6-12(9-20-8-11)17(22)21-10-14-2-1-5-23-14/h3-4,6-9,14H,1-2,5,10H2,(H,21,22)/t14-/m1/s1. The van der Waals surface area contributed by atoms with E-state index >= 15 is 0 Å². The van der Waals surface area contributed by atoms with Crippen LogP contribution in [0.3, 0.4) is 0 Å². The van der Waals surface area contributed by atoms with Crippen molar-refractivity contribution in [1.29, 1.82) is 0 Å². The van der Waals surface area contributed by atoms with Gasteiger partial charge >= 0.3 is 0 Å². The lowest BCUT2D eigenvalue weighted by Gasteiger charge is -2.11. The van der Waals surface area contributed by atoms with E-state index in [-0.39, 0.29) is 17.6 Å². The molecule has 1 aliphatic heterocycles. The van der Waals surface area contributed by atoms with Gasteiger partial charge in [0.05, 0.1) is 11.7 Å². The number of rotatable bonds is 4. The number of carbonyl (C=O) groups is 1. The first-order valence-corrected chi connectivity index (χ1v) is 7.44. The van der Waals surface area contributed by atoms with Crippen LogP contribution in [0, 0.1) is 11.6 Å². The Kier molecular flexibility index (Phi) is 4.62. The topological polar surface area (TPSA) is 51.2 Å². The molecule has 6 heteroatoms. The van der Waals surface area contributed by atoms with E-state index in [1.54, 1.807) is 0 Å². The number of carbonyl (C=O) groups excluding carboxylic acids is 1. The fraction of sp³-hybridized carbons (Fsp3) is 0.294. The molecule has 2 aromatic rings. The van der Waals surface area contributed by atoms with Gasteiger partial charge in [0.15, 0.2) is 0 Å². The third kappa shape index (κ3) is 3.71. The maximum absolute atomic E-state index is 13.8.